The van der Waals surface area contributed by atoms with Crippen LogP contribution in [0.4, 0.5) is 0 Å². The summed E-state index contributed by atoms with van der Waals surface area (Å²) >= 11 is 11.6. The van der Waals surface area contributed by atoms with Gasteiger partial charge >= 0.3 is 5.97 Å². The fourth-order valence-corrected chi connectivity index (χ4v) is 1.41. The summed E-state index contributed by atoms with van der Waals surface area (Å²) in [5.74, 6) is -1.41. The zero-order valence-corrected chi connectivity index (χ0v) is 11.0. The van der Waals surface area contributed by atoms with Crippen molar-refractivity contribution in [3.63, 3.8) is 0 Å². The smallest absolute Gasteiger partial charge is 0.325 e. The predicted molar refractivity (Wildman–Crippen MR) is 67.2 cm³/mol. The van der Waals surface area contributed by atoms with Crippen molar-refractivity contribution >= 4 is 35.1 Å². The van der Waals surface area contributed by atoms with E-state index in [0.717, 1.165) is 0 Å². The Morgan fingerprint density at radius 2 is 2.11 bits per heavy atom. The molecule has 1 rings (SSSR count). The molecule has 0 aromatic heterocycles. The van der Waals surface area contributed by atoms with E-state index in [4.69, 9.17) is 33.0 Å². The van der Waals surface area contributed by atoms with Gasteiger partial charge in [-0.15, -0.1) is 0 Å². The summed E-state index contributed by atoms with van der Waals surface area (Å²) in [6, 6.07) is 3.62. The first-order chi connectivity index (χ1) is 8.40. The maximum absolute atomic E-state index is 11.4. The van der Waals surface area contributed by atoms with Crippen molar-refractivity contribution in [3.8, 4) is 5.75 Å². The molecule has 0 saturated heterocycles. The second kappa shape index (κ2) is 6.47. The van der Waals surface area contributed by atoms with Crippen molar-refractivity contribution in [1.29, 1.82) is 0 Å². The van der Waals surface area contributed by atoms with Crippen molar-refractivity contribution in [1.82, 2.24) is 5.32 Å². The summed E-state index contributed by atoms with van der Waals surface area (Å²) in [5, 5.41) is 11.6. The quantitative estimate of drug-likeness (QED) is 0.870. The molecule has 0 spiro atoms. The Bertz CT molecular complexity index is 464. The first-order valence-corrected chi connectivity index (χ1v) is 5.75. The number of hydrogen-bond acceptors (Lipinski definition) is 3. The standard InChI is InChI=1S/C11H11Cl2NO4/c1-6(11(16)17)14-10(15)5-18-9-4-7(12)2-3-8(9)13/h2-4,6H,5H2,1H3,(H,14,15)(H,16,17)/t6-/m0/s1. The molecule has 0 fully saturated rings. The molecule has 7 heteroatoms. The van der Waals surface area contributed by atoms with Crippen molar-refractivity contribution in [3.05, 3.63) is 28.2 Å². The number of carboxylic acids is 1. The van der Waals surface area contributed by atoms with Gasteiger partial charge in [-0.3, -0.25) is 9.59 Å². The molecular formula is C11H11Cl2NO4. The Kier molecular flexibility index (Phi) is 5.25. The van der Waals surface area contributed by atoms with Crippen molar-refractivity contribution in [2.75, 3.05) is 6.61 Å². The number of rotatable bonds is 5. The van der Waals surface area contributed by atoms with Crippen LogP contribution in [0.15, 0.2) is 18.2 Å². The third kappa shape index (κ3) is 4.43. The van der Waals surface area contributed by atoms with Crippen LogP contribution in [-0.2, 0) is 9.59 Å². The van der Waals surface area contributed by atoms with Gasteiger partial charge in [0.2, 0.25) is 0 Å². The third-order valence-corrected chi connectivity index (χ3v) is 2.55. The molecule has 0 heterocycles. The number of hydrogen-bond donors (Lipinski definition) is 2. The molecule has 0 aliphatic carbocycles. The Hall–Kier alpha value is -1.46. The second-order valence-corrected chi connectivity index (χ2v) is 4.33. The highest BCUT2D eigenvalue weighted by molar-refractivity contribution is 6.34. The molecule has 0 unspecified atom stereocenters. The molecule has 0 radical (unpaired) electrons. The van der Waals surface area contributed by atoms with E-state index >= 15 is 0 Å². The number of carbonyl (C=O) groups is 2. The maximum atomic E-state index is 11.4. The fourth-order valence-electron chi connectivity index (χ4n) is 1.08. The normalized spacial score (nSPS) is 11.7. The van der Waals surface area contributed by atoms with Gasteiger partial charge in [-0.2, -0.15) is 0 Å². The summed E-state index contributed by atoms with van der Waals surface area (Å²) in [7, 11) is 0. The topological polar surface area (TPSA) is 75.6 Å². The van der Waals surface area contributed by atoms with E-state index in [1.165, 1.54) is 19.1 Å². The predicted octanol–water partition coefficient (Wildman–Crippen LogP) is 1.96. The lowest BCUT2D eigenvalue weighted by Crippen LogP contribution is -2.40. The van der Waals surface area contributed by atoms with Crippen LogP contribution in [0.3, 0.4) is 0 Å². The Labute approximate surface area is 114 Å². The fraction of sp³-hybridized carbons (Fsp3) is 0.273. The molecule has 5 nitrogen and oxygen atoms in total. The third-order valence-electron chi connectivity index (χ3n) is 2.00. The van der Waals surface area contributed by atoms with Crippen molar-refractivity contribution < 1.29 is 19.4 Å². The van der Waals surface area contributed by atoms with E-state index in [9.17, 15) is 9.59 Å². The van der Waals surface area contributed by atoms with Crippen LogP contribution in [0.5, 0.6) is 5.75 Å². The monoisotopic (exact) mass is 291 g/mol. The van der Waals surface area contributed by atoms with Crippen LogP contribution < -0.4 is 10.1 Å². The molecule has 0 saturated carbocycles. The van der Waals surface area contributed by atoms with Gasteiger partial charge in [0.1, 0.15) is 11.8 Å². The lowest BCUT2D eigenvalue weighted by atomic mass is 10.3. The number of halogens is 2. The van der Waals surface area contributed by atoms with E-state index < -0.39 is 17.9 Å². The van der Waals surface area contributed by atoms with E-state index in [1.807, 2.05) is 0 Å². The van der Waals surface area contributed by atoms with Crippen LogP contribution in [0, 0.1) is 0 Å². The van der Waals surface area contributed by atoms with Gasteiger partial charge in [-0.25, -0.2) is 0 Å². The number of aliphatic carboxylic acids is 1. The minimum absolute atomic E-state index is 0.266. The van der Waals surface area contributed by atoms with Gasteiger partial charge in [-0.1, -0.05) is 23.2 Å². The van der Waals surface area contributed by atoms with E-state index in [0.29, 0.717) is 10.0 Å². The van der Waals surface area contributed by atoms with Gasteiger partial charge in [0.25, 0.3) is 5.91 Å². The molecule has 98 valence electrons. The van der Waals surface area contributed by atoms with Gasteiger partial charge in [0.15, 0.2) is 6.61 Å². The van der Waals surface area contributed by atoms with Crippen molar-refractivity contribution in [2.45, 2.75) is 13.0 Å². The number of nitrogens with one attached hydrogen (secondary N) is 1. The highest BCUT2D eigenvalue weighted by atomic mass is 35.5. The zero-order valence-electron chi connectivity index (χ0n) is 9.44. The van der Waals surface area contributed by atoms with E-state index in [-0.39, 0.29) is 12.4 Å². The molecule has 0 aliphatic heterocycles. The lowest BCUT2D eigenvalue weighted by molar-refractivity contribution is -0.141. The largest absolute Gasteiger partial charge is 0.482 e. The highest BCUT2D eigenvalue weighted by Crippen LogP contribution is 2.27. The number of ether oxygens (including phenoxy) is 1. The molecule has 2 N–H and O–H groups in total. The molecular weight excluding hydrogens is 281 g/mol. The van der Waals surface area contributed by atoms with E-state index in [2.05, 4.69) is 5.32 Å². The summed E-state index contributed by atoms with van der Waals surface area (Å²) in [4.78, 5) is 21.9. The van der Waals surface area contributed by atoms with Gasteiger partial charge < -0.3 is 15.2 Å². The van der Waals surface area contributed by atoms with Gasteiger partial charge in [0.05, 0.1) is 5.02 Å². The Morgan fingerprint density at radius 3 is 2.72 bits per heavy atom. The number of carbonyl (C=O) groups excluding carboxylic acids is 1. The number of benzene rings is 1. The van der Waals surface area contributed by atoms with E-state index in [1.54, 1.807) is 6.07 Å². The highest BCUT2D eigenvalue weighted by Gasteiger charge is 2.14. The van der Waals surface area contributed by atoms with Gasteiger partial charge in [-0.05, 0) is 19.1 Å². The van der Waals surface area contributed by atoms with Crippen LogP contribution >= 0.6 is 23.2 Å². The first kappa shape index (κ1) is 14.6. The van der Waals surface area contributed by atoms with Crippen LogP contribution in [0.1, 0.15) is 6.92 Å². The minimum Gasteiger partial charge on any atom is -0.482 e. The maximum Gasteiger partial charge on any atom is 0.325 e. The number of amides is 1. The molecule has 1 atom stereocenters. The van der Waals surface area contributed by atoms with Crippen molar-refractivity contribution in [2.24, 2.45) is 0 Å². The lowest BCUT2D eigenvalue weighted by Gasteiger charge is -2.11. The molecule has 0 bridgehead atoms. The summed E-state index contributed by atoms with van der Waals surface area (Å²) in [5.41, 5.74) is 0. The Balaban J connectivity index is 2.52. The minimum atomic E-state index is -1.12. The zero-order chi connectivity index (χ0) is 13.7. The van der Waals surface area contributed by atoms with Gasteiger partial charge in [0, 0.05) is 11.1 Å². The molecule has 1 amide bonds. The second-order valence-electron chi connectivity index (χ2n) is 3.49. The first-order valence-electron chi connectivity index (χ1n) is 5.00. The van der Waals surface area contributed by atoms with Crippen LogP contribution in [0.25, 0.3) is 0 Å². The molecule has 18 heavy (non-hydrogen) atoms. The summed E-state index contributed by atoms with van der Waals surface area (Å²) < 4.78 is 5.14. The van der Waals surface area contributed by atoms with Crippen LogP contribution in [-0.4, -0.2) is 29.6 Å². The summed E-state index contributed by atoms with van der Waals surface area (Å²) in [6.45, 7) is 1.02. The average Bonchev–Trinajstić information content (AvgIpc) is 2.30. The van der Waals surface area contributed by atoms with Crippen LogP contribution in [0.2, 0.25) is 10.0 Å². The molecule has 1 aromatic carbocycles. The molecule has 0 aliphatic rings. The summed E-state index contributed by atoms with van der Waals surface area (Å²) in [6.07, 6.45) is 0. The Morgan fingerprint density at radius 1 is 1.44 bits per heavy atom. The molecule has 1 aromatic rings. The SMILES string of the molecule is C[C@H](NC(=O)COc1cc(Cl)ccc1Cl)C(=O)O. The number of carboxylic acid groups (broad SMARTS) is 1. The average molecular weight is 292 g/mol.